The van der Waals surface area contributed by atoms with Crippen LogP contribution in [-0.2, 0) is 27.2 Å². The van der Waals surface area contributed by atoms with Crippen molar-refractivity contribution in [2.45, 2.75) is 52.5 Å². The summed E-state index contributed by atoms with van der Waals surface area (Å²) in [7, 11) is 0. The minimum atomic E-state index is -0.581. The normalized spacial score (nSPS) is 14.4. The number of ketones is 1. The molecular formula is C46H43ClN6O5S. The van der Waals surface area contributed by atoms with Crippen LogP contribution in [0.4, 0.5) is 5.69 Å². The lowest BCUT2D eigenvalue weighted by Crippen LogP contribution is -2.27. The minimum Gasteiger partial charge on any atom is -0.491 e. The van der Waals surface area contributed by atoms with Crippen molar-refractivity contribution in [3.63, 3.8) is 0 Å². The molecule has 1 atom stereocenters. The molecule has 0 spiro atoms. The summed E-state index contributed by atoms with van der Waals surface area (Å²) >= 11 is 7.90. The van der Waals surface area contributed by atoms with E-state index in [4.69, 9.17) is 26.1 Å². The van der Waals surface area contributed by atoms with Crippen molar-refractivity contribution in [2.75, 3.05) is 31.7 Å². The van der Waals surface area contributed by atoms with Crippen molar-refractivity contribution in [2.24, 2.45) is 4.99 Å². The molecule has 1 aliphatic carbocycles. The lowest BCUT2D eigenvalue weighted by Gasteiger charge is -2.16. The molecule has 2 amide bonds. The molecule has 0 unspecified atom stereocenters. The molecule has 6 aromatic rings. The zero-order valence-electron chi connectivity index (χ0n) is 33.0. The van der Waals surface area contributed by atoms with E-state index in [2.05, 4.69) is 52.9 Å². The van der Waals surface area contributed by atoms with Gasteiger partial charge in [0.05, 0.1) is 25.3 Å². The second-order valence-electron chi connectivity index (χ2n) is 14.7. The van der Waals surface area contributed by atoms with Crippen LogP contribution < -0.4 is 15.4 Å². The van der Waals surface area contributed by atoms with Crippen LogP contribution in [0.15, 0.2) is 96.0 Å². The maximum absolute atomic E-state index is 13.5. The van der Waals surface area contributed by atoms with E-state index in [0.717, 1.165) is 56.3 Å². The maximum atomic E-state index is 13.5. The first-order valence-electron chi connectivity index (χ1n) is 19.6. The lowest BCUT2D eigenvalue weighted by atomic mass is 9.88. The summed E-state index contributed by atoms with van der Waals surface area (Å²) < 4.78 is 13.6. The number of rotatable bonds is 13. The molecule has 2 N–H and O–H groups in total. The van der Waals surface area contributed by atoms with Crippen LogP contribution in [-0.4, -0.2) is 64.4 Å². The number of aryl methyl sites for hydroxylation is 3. The quantitative estimate of drug-likeness (QED) is 0.112. The Labute approximate surface area is 351 Å². The Bertz CT molecular complexity index is 2580. The Morgan fingerprint density at radius 1 is 0.864 bits per heavy atom. The van der Waals surface area contributed by atoms with E-state index in [1.54, 1.807) is 41.7 Å². The molecule has 0 saturated heterocycles. The monoisotopic (exact) mass is 826 g/mol. The number of hydrogen-bond acceptors (Lipinski definition) is 9. The maximum Gasteiger partial charge on any atom is 0.251 e. The predicted molar refractivity (Wildman–Crippen MR) is 231 cm³/mol. The Hall–Kier alpha value is -5.95. The number of thiophene rings is 1. The average molecular weight is 827 g/mol. The number of aliphatic imine (C=N–C) groups is 1. The fourth-order valence-corrected chi connectivity index (χ4v) is 8.78. The topological polar surface area (TPSA) is 137 Å². The van der Waals surface area contributed by atoms with E-state index in [-0.39, 0.29) is 24.0 Å². The van der Waals surface area contributed by atoms with Gasteiger partial charge in [0.15, 0.2) is 5.82 Å². The highest BCUT2D eigenvalue weighted by Gasteiger charge is 2.32. The summed E-state index contributed by atoms with van der Waals surface area (Å²) in [6.45, 7) is 7.42. The van der Waals surface area contributed by atoms with Gasteiger partial charge in [-0.1, -0.05) is 54.1 Å². The molecule has 2 aromatic heterocycles. The first-order valence-corrected chi connectivity index (χ1v) is 20.8. The van der Waals surface area contributed by atoms with E-state index in [1.807, 2.05) is 54.0 Å². The Balaban J connectivity index is 0.808. The minimum absolute atomic E-state index is 0.0594. The first kappa shape index (κ1) is 39.9. The van der Waals surface area contributed by atoms with Crippen LogP contribution in [0.3, 0.4) is 0 Å². The molecule has 3 heterocycles. The molecule has 0 radical (unpaired) electrons. The zero-order valence-corrected chi connectivity index (χ0v) is 34.6. The number of nitrogens with one attached hydrogen (secondary N) is 2. The van der Waals surface area contributed by atoms with Crippen molar-refractivity contribution < 1.29 is 23.9 Å². The summed E-state index contributed by atoms with van der Waals surface area (Å²) in [5.74, 6) is 1.85. The van der Waals surface area contributed by atoms with Crippen molar-refractivity contribution in [1.82, 2.24) is 20.1 Å². The third-order valence-corrected chi connectivity index (χ3v) is 12.1. The van der Waals surface area contributed by atoms with E-state index < -0.39 is 6.04 Å². The zero-order chi connectivity index (χ0) is 41.0. The summed E-state index contributed by atoms with van der Waals surface area (Å²) in [5, 5.41) is 16.4. The number of carbonyl (C=O) groups is 3. The predicted octanol–water partition coefficient (Wildman–Crippen LogP) is 8.38. The van der Waals surface area contributed by atoms with Gasteiger partial charge in [-0.05, 0) is 104 Å². The number of hydrogen-bond donors (Lipinski definition) is 2. The van der Waals surface area contributed by atoms with Crippen molar-refractivity contribution >= 4 is 51.9 Å². The van der Waals surface area contributed by atoms with Gasteiger partial charge in [0.1, 0.15) is 35.0 Å². The van der Waals surface area contributed by atoms with Crippen LogP contribution in [0.5, 0.6) is 5.75 Å². The van der Waals surface area contributed by atoms with E-state index in [9.17, 15) is 14.4 Å². The molecule has 0 saturated carbocycles. The number of aromatic nitrogens is 3. The molecule has 11 nitrogen and oxygen atoms in total. The van der Waals surface area contributed by atoms with Gasteiger partial charge in [-0.2, -0.15) is 0 Å². The number of fused-ring (bicyclic) bond motifs is 4. The van der Waals surface area contributed by atoms with Gasteiger partial charge in [0.2, 0.25) is 5.91 Å². The molecule has 0 fully saturated rings. The summed E-state index contributed by atoms with van der Waals surface area (Å²) in [4.78, 5) is 44.7. The van der Waals surface area contributed by atoms with E-state index in [1.165, 1.54) is 10.4 Å². The van der Waals surface area contributed by atoms with Crippen LogP contribution in [0.2, 0.25) is 5.02 Å². The number of nitrogens with zero attached hydrogens (tertiary/aromatic N) is 4. The molecule has 4 aromatic carbocycles. The largest absolute Gasteiger partial charge is 0.491 e. The first-order chi connectivity index (χ1) is 28.6. The molecule has 59 heavy (non-hydrogen) atoms. The van der Waals surface area contributed by atoms with Gasteiger partial charge in [0, 0.05) is 51.7 Å². The number of anilines is 1. The highest BCUT2D eigenvalue weighted by molar-refractivity contribution is 7.15. The number of benzene rings is 4. The van der Waals surface area contributed by atoms with Gasteiger partial charge in [-0.25, -0.2) is 0 Å². The lowest BCUT2D eigenvalue weighted by molar-refractivity contribution is -0.119. The Morgan fingerprint density at radius 3 is 2.46 bits per heavy atom. The third kappa shape index (κ3) is 8.90. The number of Topliss-reactive ketones (excluding diaryl/α,β-unsaturated/α-hetero) is 1. The molecule has 1 aliphatic heterocycles. The van der Waals surface area contributed by atoms with Gasteiger partial charge < -0.3 is 20.1 Å². The van der Waals surface area contributed by atoms with E-state index in [0.29, 0.717) is 67.1 Å². The van der Waals surface area contributed by atoms with Gasteiger partial charge in [-0.15, -0.1) is 21.5 Å². The van der Waals surface area contributed by atoms with Crippen molar-refractivity contribution in [1.29, 1.82) is 0 Å². The van der Waals surface area contributed by atoms with Crippen molar-refractivity contribution in [3.05, 3.63) is 146 Å². The standard InChI is InChI=1S/C46H43ClN6O5S/c1-27-28(2)59-46-42(27)43(31-9-12-36(47)13-10-31)50-40(44-52-51-29(3)53(44)46)26-41(55)49-37-14-17-39(18-15-37)58-22-21-57-20-19-48-45(56)34-6-4-5-32(23-34)33-8-7-30-11-16-38(54)25-35(30)24-33/h4-10,12-15,17-18,23-24,40H,11,16,19-22,25-26H2,1-3H3,(H,48,56)(H,49,55)/t40-/m0/s1. The van der Waals surface area contributed by atoms with Gasteiger partial charge in [0.25, 0.3) is 5.91 Å². The number of carbonyl (C=O) groups excluding carboxylic acids is 3. The molecule has 0 bridgehead atoms. The fraction of sp³-hybridized carbons (Fsp3) is 0.261. The van der Waals surface area contributed by atoms with Gasteiger partial charge >= 0.3 is 0 Å². The van der Waals surface area contributed by atoms with E-state index >= 15 is 0 Å². The highest BCUT2D eigenvalue weighted by Crippen LogP contribution is 2.40. The Kier molecular flexibility index (Phi) is 11.8. The summed E-state index contributed by atoms with van der Waals surface area (Å²) in [6, 6.07) is 27.9. The summed E-state index contributed by atoms with van der Waals surface area (Å²) in [6.07, 6.45) is 1.92. The second kappa shape index (κ2) is 17.5. The van der Waals surface area contributed by atoms with Gasteiger partial charge in [-0.3, -0.25) is 23.9 Å². The molecule has 300 valence electrons. The highest BCUT2D eigenvalue weighted by atomic mass is 35.5. The SMILES string of the molecule is Cc1sc2c(c1C)C(c1ccc(Cl)cc1)=N[C@@H](CC(=O)Nc1ccc(OCCOCCNC(=O)c3cccc(-c4ccc5c(c4)CC(=O)CC5)c3)cc1)c1nnc(C)n1-2. The van der Waals surface area contributed by atoms with Crippen LogP contribution in [0.25, 0.3) is 16.1 Å². The number of amides is 2. The number of ether oxygens (including phenoxy) is 2. The average Bonchev–Trinajstić information content (AvgIpc) is 3.72. The molecule has 2 aliphatic rings. The van der Waals surface area contributed by atoms with Crippen LogP contribution in [0.1, 0.15) is 73.6 Å². The smallest absolute Gasteiger partial charge is 0.251 e. The van der Waals surface area contributed by atoms with Crippen LogP contribution >= 0.6 is 22.9 Å². The molecule has 8 rings (SSSR count). The summed E-state index contributed by atoms with van der Waals surface area (Å²) in [5.41, 5.74) is 9.24. The van der Waals surface area contributed by atoms with Crippen molar-refractivity contribution in [3.8, 4) is 21.9 Å². The second-order valence-corrected chi connectivity index (χ2v) is 16.3. The number of halogens is 1. The molecule has 13 heteroatoms. The Morgan fingerprint density at radius 2 is 1.64 bits per heavy atom. The van der Waals surface area contributed by atoms with Crippen LogP contribution in [0, 0.1) is 20.8 Å². The molecular weight excluding hydrogens is 784 g/mol. The third-order valence-electron chi connectivity index (χ3n) is 10.6. The fourth-order valence-electron chi connectivity index (χ4n) is 7.44.